The van der Waals surface area contributed by atoms with Crippen molar-refractivity contribution < 1.29 is 9.53 Å². The number of hydrogen-bond donors (Lipinski definition) is 2. The highest BCUT2D eigenvalue weighted by Crippen LogP contribution is 2.15. The summed E-state index contributed by atoms with van der Waals surface area (Å²) >= 11 is 0. The summed E-state index contributed by atoms with van der Waals surface area (Å²) < 4.78 is 6.41. The van der Waals surface area contributed by atoms with Crippen molar-refractivity contribution in [2.75, 3.05) is 36.5 Å². The number of carbonyl (C=O) groups excluding carboxylic acids is 1. The van der Waals surface area contributed by atoms with Crippen molar-refractivity contribution in [1.29, 1.82) is 0 Å². The number of morpholine rings is 1. The van der Waals surface area contributed by atoms with Gasteiger partial charge in [-0.05, 0) is 12.1 Å². The van der Waals surface area contributed by atoms with E-state index >= 15 is 0 Å². The minimum absolute atomic E-state index is 0.194. The van der Waals surface area contributed by atoms with Gasteiger partial charge in [0.15, 0.2) is 0 Å². The van der Waals surface area contributed by atoms with E-state index in [0.29, 0.717) is 18.9 Å². The second-order valence-corrected chi connectivity index (χ2v) is 5.29. The lowest BCUT2D eigenvalue weighted by atomic mass is 10.3. The Hall–Kier alpha value is -2.94. The Morgan fingerprint density at radius 1 is 1.25 bits per heavy atom. The van der Waals surface area contributed by atoms with E-state index in [1.807, 2.05) is 6.07 Å². The molecule has 1 amide bonds. The molecule has 0 atom stereocenters. The van der Waals surface area contributed by atoms with Gasteiger partial charge >= 0.3 is 5.69 Å². The first kappa shape index (κ1) is 15.9. The molecule has 2 aromatic rings. The van der Waals surface area contributed by atoms with Crippen LogP contribution in [0.5, 0.6) is 0 Å². The van der Waals surface area contributed by atoms with Gasteiger partial charge in [0.1, 0.15) is 12.4 Å². The fraction of sp³-hybridized carbons (Fsp3) is 0.333. The average Bonchev–Trinajstić information content (AvgIpc) is 2.59. The first-order chi connectivity index (χ1) is 11.6. The summed E-state index contributed by atoms with van der Waals surface area (Å²) in [5, 5.41) is 2.67. The molecular weight excluding hydrogens is 314 g/mol. The van der Waals surface area contributed by atoms with Crippen LogP contribution in [-0.2, 0) is 16.1 Å². The fourth-order valence-electron chi connectivity index (χ4n) is 2.36. The van der Waals surface area contributed by atoms with E-state index < -0.39 is 11.2 Å². The maximum absolute atomic E-state index is 12.0. The SMILES string of the molecule is O=C(Cn1ccc(=O)[nH]c1=O)Nc1ccc(N2CCOCC2)nc1. The Morgan fingerprint density at radius 3 is 2.71 bits per heavy atom. The van der Waals surface area contributed by atoms with Crippen molar-refractivity contribution in [1.82, 2.24) is 14.5 Å². The maximum atomic E-state index is 12.0. The normalized spacial score (nSPS) is 14.4. The summed E-state index contributed by atoms with van der Waals surface area (Å²) in [4.78, 5) is 43.1. The van der Waals surface area contributed by atoms with Gasteiger partial charge in [-0.15, -0.1) is 0 Å². The average molecular weight is 331 g/mol. The molecule has 0 radical (unpaired) electrons. The highest BCUT2D eigenvalue weighted by atomic mass is 16.5. The lowest BCUT2D eigenvalue weighted by molar-refractivity contribution is -0.116. The molecule has 0 aromatic carbocycles. The number of pyridine rings is 1. The van der Waals surface area contributed by atoms with Gasteiger partial charge in [-0.25, -0.2) is 9.78 Å². The topological polar surface area (TPSA) is 109 Å². The van der Waals surface area contributed by atoms with Crippen molar-refractivity contribution in [3.05, 3.63) is 51.4 Å². The Balaban J connectivity index is 1.61. The van der Waals surface area contributed by atoms with Crippen molar-refractivity contribution in [2.45, 2.75) is 6.54 Å². The standard InChI is InChI=1S/C15H17N5O4/c21-13-3-4-20(15(23)18-13)10-14(22)17-11-1-2-12(16-9-11)19-5-7-24-8-6-19/h1-4,9H,5-8,10H2,(H,17,22)(H,18,21,23). The molecule has 0 aliphatic carbocycles. The van der Waals surface area contributed by atoms with E-state index in [2.05, 4.69) is 20.2 Å². The molecule has 3 rings (SSSR count). The van der Waals surface area contributed by atoms with Crippen LogP contribution in [0.3, 0.4) is 0 Å². The van der Waals surface area contributed by atoms with Crippen LogP contribution in [0.4, 0.5) is 11.5 Å². The number of nitrogens with zero attached hydrogens (tertiary/aromatic N) is 3. The first-order valence-corrected chi connectivity index (χ1v) is 7.50. The molecule has 24 heavy (non-hydrogen) atoms. The molecule has 9 heteroatoms. The number of aromatic nitrogens is 3. The van der Waals surface area contributed by atoms with E-state index in [1.54, 1.807) is 12.3 Å². The Kier molecular flexibility index (Phi) is 4.71. The highest BCUT2D eigenvalue weighted by molar-refractivity contribution is 5.90. The molecule has 0 saturated carbocycles. The lowest BCUT2D eigenvalue weighted by Gasteiger charge is -2.27. The predicted molar refractivity (Wildman–Crippen MR) is 87.2 cm³/mol. The summed E-state index contributed by atoms with van der Waals surface area (Å²) in [6.45, 7) is 2.73. The van der Waals surface area contributed by atoms with Crippen LogP contribution in [0.2, 0.25) is 0 Å². The van der Waals surface area contributed by atoms with Gasteiger partial charge in [-0.3, -0.25) is 19.1 Å². The molecule has 1 aliphatic heterocycles. The van der Waals surface area contributed by atoms with E-state index in [1.165, 1.54) is 12.3 Å². The van der Waals surface area contributed by atoms with Gasteiger partial charge in [0.2, 0.25) is 5.91 Å². The number of nitrogens with one attached hydrogen (secondary N) is 2. The van der Waals surface area contributed by atoms with Crippen LogP contribution in [0.15, 0.2) is 40.2 Å². The number of amides is 1. The molecule has 0 unspecified atom stereocenters. The fourth-order valence-corrected chi connectivity index (χ4v) is 2.36. The third-order valence-corrected chi connectivity index (χ3v) is 3.58. The molecule has 0 spiro atoms. The molecule has 126 valence electrons. The molecule has 1 aliphatic rings. The van der Waals surface area contributed by atoms with Gasteiger partial charge in [-0.1, -0.05) is 0 Å². The van der Waals surface area contributed by atoms with Gasteiger partial charge in [-0.2, -0.15) is 0 Å². The van der Waals surface area contributed by atoms with Gasteiger partial charge < -0.3 is 15.0 Å². The van der Waals surface area contributed by atoms with Gasteiger partial charge in [0.05, 0.1) is 25.1 Å². The smallest absolute Gasteiger partial charge is 0.328 e. The number of ether oxygens (including phenoxy) is 1. The number of H-pyrrole nitrogens is 1. The number of aromatic amines is 1. The van der Waals surface area contributed by atoms with Crippen LogP contribution in [0.1, 0.15) is 0 Å². The monoisotopic (exact) mass is 331 g/mol. The molecule has 2 N–H and O–H groups in total. The largest absolute Gasteiger partial charge is 0.378 e. The number of anilines is 2. The second kappa shape index (κ2) is 7.09. The van der Waals surface area contributed by atoms with Crippen LogP contribution in [0, 0.1) is 0 Å². The van der Waals surface area contributed by atoms with Gasteiger partial charge in [0.25, 0.3) is 5.56 Å². The number of carbonyl (C=O) groups is 1. The Labute approximate surface area is 136 Å². The van der Waals surface area contributed by atoms with E-state index in [9.17, 15) is 14.4 Å². The summed E-state index contributed by atoms with van der Waals surface area (Å²) in [7, 11) is 0. The van der Waals surface area contributed by atoms with E-state index in [4.69, 9.17) is 4.74 Å². The van der Waals surface area contributed by atoms with Crippen molar-refractivity contribution in [3.8, 4) is 0 Å². The Morgan fingerprint density at radius 2 is 2.04 bits per heavy atom. The van der Waals surface area contributed by atoms with Crippen molar-refractivity contribution in [3.63, 3.8) is 0 Å². The van der Waals surface area contributed by atoms with Crippen LogP contribution in [0.25, 0.3) is 0 Å². The third kappa shape index (κ3) is 3.87. The summed E-state index contributed by atoms with van der Waals surface area (Å²) in [6.07, 6.45) is 2.85. The zero-order chi connectivity index (χ0) is 16.9. The molecular formula is C15H17N5O4. The molecule has 1 fully saturated rings. The van der Waals surface area contributed by atoms with Crippen molar-refractivity contribution in [2.24, 2.45) is 0 Å². The summed E-state index contributed by atoms with van der Waals surface area (Å²) in [5.41, 5.74) is -0.590. The van der Waals surface area contributed by atoms with Crippen LogP contribution < -0.4 is 21.5 Å². The van der Waals surface area contributed by atoms with Gasteiger partial charge in [0, 0.05) is 25.4 Å². The molecule has 1 saturated heterocycles. The highest BCUT2D eigenvalue weighted by Gasteiger charge is 2.12. The second-order valence-electron chi connectivity index (χ2n) is 5.29. The number of rotatable bonds is 4. The zero-order valence-electron chi connectivity index (χ0n) is 12.9. The minimum Gasteiger partial charge on any atom is -0.378 e. The van der Waals surface area contributed by atoms with Crippen LogP contribution in [-0.4, -0.2) is 46.7 Å². The number of hydrogen-bond acceptors (Lipinski definition) is 6. The van der Waals surface area contributed by atoms with E-state index in [0.717, 1.165) is 23.5 Å². The summed E-state index contributed by atoms with van der Waals surface area (Å²) in [5.74, 6) is 0.443. The lowest BCUT2D eigenvalue weighted by Crippen LogP contribution is -2.36. The van der Waals surface area contributed by atoms with Crippen LogP contribution >= 0.6 is 0 Å². The zero-order valence-corrected chi connectivity index (χ0v) is 12.9. The predicted octanol–water partition coefficient (Wildman–Crippen LogP) is -0.593. The molecule has 0 bridgehead atoms. The quantitative estimate of drug-likeness (QED) is 0.775. The molecule has 3 heterocycles. The molecule has 2 aromatic heterocycles. The minimum atomic E-state index is -0.626. The maximum Gasteiger partial charge on any atom is 0.328 e. The van der Waals surface area contributed by atoms with E-state index in [-0.39, 0.29) is 12.5 Å². The van der Waals surface area contributed by atoms with Crippen molar-refractivity contribution >= 4 is 17.4 Å². The third-order valence-electron chi connectivity index (χ3n) is 3.58. The summed E-state index contributed by atoms with van der Waals surface area (Å²) in [6, 6.07) is 4.77. The Bertz CT molecular complexity index is 821. The first-order valence-electron chi connectivity index (χ1n) is 7.50. The molecule has 9 nitrogen and oxygen atoms in total.